The number of amides is 3. The zero-order valence-electron chi connectivity index (χ0n) is 17.4. The van der Waals surface area contributed by atoms with Crippen molar-refractivity contribution in [1.29, 1.82) is 0 Å². The molecular formula is C23H25N3O4S. The summed E-state index contributed by atoms with van der Waals surface area (Å²) in [6, 6.07) is 14.8. The number of methoxy groups -OCH3 is 1. The van der Waals surface area contributed by atoms with Crippen LogP contribution in [0.15, 0.2) is 53.4 Å². The summed E-state index contributed by atoms with van der Waals surface area (Å²) in [4.78, 5) is 43.0. The largest absolute Gasteiger partial charge is 0.496 e. The maximum Gasteiger partial charge on any atom is 0.250 e. The fraction of sp³-hybridized carbons (Fsp3) is 0.348. The summed E-state index contributed by atoms with van der Waals surface area (Å²) in [5.74, 6) is -0.113. The number of nitrogens with zero attached hydrogens (tertiary/aromatic N) is 2. The molecule has 1 saturated heterocycles. The van der Waals surface area contributed by atoms with Gasteiger partial charge in [0.2, 0.25) is 11.8 Å². The van der Waals surface area contributed by atoms with Crippen LogP contribution in [-0.2, 0) is 20.9 Å². The summed E-state index contributed by atoms with van der Waals surface area (Å²) in [6.45, 7) is 1.52. The van der Waals surface area contributed by atoms with Crippen molar-refractivity contribution in [3.8, 4) is 5.75 Å². The number of benzene rings is 2. The van der Waals surface area contributed by atoms with Gasteiger partial charge < -0.3 is 19.9 Å². The topological polar surface area (TPSA) is 79.0 Å². The zero-order valence-corrected chi connectivity index (χ0v) is 18.2. The molecule has 1 N–H and O–H groups in total. The number of fused-ring (bicyclic) bond motifs is 1. The lowest BCUT2D eigenvalue weighted by Crippen LogP contribution is -2.51. The van der Waals surface area contributed by atoms with Crippen LogP contribution < -0.4 is 15.0 Å². The Bertz CT molecular complexity index is 990. The third-order valence-electron chi connectivity index (χ3n) is 5.50. The van der Waals surface area contributed by atoms with Crippen LogP contribution in [0, 0.1) is 0 Å². The Balaban J connectivity index is 1.49. The van der Waals surface area contributed by atoms with E-state index in [4.69, 9.17) is 4.74 Å². The van der Waals surface area contributed by atoms with E-state index < -0.39 is 5.25 Å². The first kappa shape index (κ1) is 21.2. The molecule has 0 aromatic heterocycles. The van der Waals surface area contributed by atoms with Gasteiger partial charge in [-0.05, 0) is 31.0 Å². The molecule has 0 bridgehead atoms. The lowest BCUT2D eigenvalue weighted by Gasteiger charge is -2.34. The third kappa shape index (κ3) is 4.54. The number of carbonyl (C=O) groups excluding carboxylic acids is 3. The first-order valence-corrected chi connectivity index (χ1v) is 11.2. The van der Waals surface area contributed by atoms with Gasteiger partial charge in [0, 0.05) is 30.1 Å². The van der Waals surface area contributed by atoms with Crippen LogP contribution in [0.3, 0.4) is 0 Å². The summed E-state index contributed by atoms with van der Waals surface area (Å²) in [5, 5.41) is 2.00. The minimum absolute atomic E-state index is 0.144. The second-order valence-electron chi connectivity index (χ2n) is 7.51. The van der Waals surface area contributed by atoms with Crippen molar-refractivity contribution in [1.82, 2.24) is 10.2 Å². The van der Waals surface area contributed by atoms with Crippen LogP contribution in [0.4, 0.5) is 5.69 Å². The summed E-state index contributed by atoms with van der Waals surface area (Å²) in [7, 11) is 1.58. The van der Waals surface area contributed by atoms with E-state index in [0.29, 0.717) is 24.5 Å². The van der Waals surface area contributed by atoms with Crippen LogP contribution in [-0.4, -0.2) is 54.6 Å². The van der Waals surface area contributed by atoms with E-state index in [1.54, 1.807) is 12.0 Å². The zero-order chi connectivity index (χ0) is 21.8. The minimum Gasteiger partial charge on any atom is -0.496 e. The maximum atomic E-state index is 13.3. The molecule has 0 spiro atoms. The van der Waals surface area contributed by atoms with Gasteiger partial charge >= 0.3 is 0 Å². The normalized spacial score (nSPS) is 18.0. The first-order valence-electron chi connectivity index (χ1n) is 10.3. The van der Waals surface area contributed by atoms with E-state index in [9.17, 15) is 14.4 Å². The third-order valence-corrected chi connectivity index (χ3v) is 6.74. The molecule has 0 unspecified atom stereocenters. The number of ether oxygens (including phenoxy) is 1. The average Bonchev–Trinajstić information content (AvgIpc) is 3.34. The smallest absolute Gasteiger partial charge is 0.250 e. The molecule has 2 heterocycles. The number of hydrogen-bond donors (Lipinski definition) is 1. The van der Waals surface area contributed by atoms with Gasteiger partial charge in [-0.3, -0.25) is 14.4 Å². The lowest BCUT2D eigenvalue weighted by molar-refractivity contribution is -0.134. The molecule has 0 saturated carbocycles. The van der Waals surface area contributed by atoms with Crippen LogP contribution >= 0.6 is 11.8 Å². The van der Waals surface area contributed by atoms with Gasteiger partial charge in [0.1, 0.15) is 12.3 Å². The number of para-hydroxylation sites is 2. The number of thioether (sulfide) groups is 1. The van der Waals surface area contributed by atoms with E-state index >= 15 is 0 Å². The number of carbonyl (C=O) groups is 3. The molecule has 162 valence electrons. The van der Waals surface area contributed by atoms with Crippen molar-refractivity contribution in [3.05, 3.63) is 54.1 Å². The molecule has 4 rings (SSSR count). The van der Waals surface area contributed by atoms with Crippen LogP contribution in [0.1, 0.15) is 18.4 Å². The van der Waals surface area contributed by atoms with Gasteiger partial charge in [-0.15, -0.1) is 11.8 Å². The van der Waals surface area contributed by atoms with E-state index in [0.717, 1.165) is 23.3 Å². The van der Waals surface area contributed by atoms with Gasteiger partial charge in [-0.25, -0.2) is 0 Å². The first-order chi connectivity index (χ1) is 15.1. The number of nitrogens with one attached hydrogen (secondary N) is 1. The monoisotopic (exact) mass is 439 g/mol. The molecule has 2 aliphatic rings. The van der Waals surface area contributed by atoms with Crippen LogP contribution in [0.25, 0.3) is 0 Å². The molecule has 3 amide bonds. The fourth-order valence-electron chi connectivity index (χ4n) is 3.88. The molecular weight excluding hydrogens is 414 g/mol. The molecule has 8 heteroatoms. The molecule has 0 radical (unpaired) electrons. The molecule has 7 nitrogen and oxygen atoms in total. The number of rotatable bonds is 6. The van der Waals surface area contributed by atoms with Gasteiger partial charge in [0.25, 0.3) is 5.91 Å². The highest BCUT2D eigenvalue weighted by Crippen LogP contribution is 2.39. The van der Waals surface area contributed by atoms with Gasteiger partial charge in [0.15, 0.2) is 5.25 Å². The van der Waals surface area contributed by atoms with Crippen molar-refractivity contribution >= 4 is 35.2 Å². The standard InChI is InChI=1S/C23H25N3O4S/c1-30-18-10-4-2-8-16(18)14-24-20(27)15-26-17-9-3-5-11-19(17)31-21(23(26)29)22(28)25-12-6-7-13-25/h2-5,8-11,21H,6-7,12-15H2,1H3,(H,24,27)/t21-/m0/s1. The Morgan fingerprint density at radius 1 is 1.10 bits per heavy atom. The minimum atomic E-state index is -0.852. The summed E-state index contributed by atoms with van der Waals surface area (Å²) >= 11 is 1.28. The molecule has 2 aromatic rings. The average molecular weight is 440 g/mol. The van der Waals surface area contributed by atoms with E-state index in [2.05, 4.69) is 5.32 Å². The van der Waals surface area contributed by atoms with E-state index in [1.165, 1.54) is 16.7 Å². The van der Waals surface area contributed by atoms with Crippen molar-refractivity contribution in [2.24, 2.45) is 0 Å². The fourth-order valence-corrected chi connectivity index (χ4v) is 5.07. The van der Waals surface area contributed by atoms with Crippen molar-refractivity contribution in [2.75, 3.05) is 31.6 Å². The molecule has 1 fully saturated rings. The number of anilines is 1. The molecule has 0 aliphatic carbocycles. The van der Waals surface area contributed by atoms with Crippen LogP contribution in [0.2, 0.25) is 0 Å². The second-order valence-corrected chi connectivity index (χ2v) is 8.66. The summed E-state index contributed by atoms with van der Waals surface area (Å²) < 4.78 is 5.32. The summed E-state index contributed by atoms with van der Waals surface area (Å²) in [6.07, 6.45) is 1.92. The predicted octanol–water partition coefficient (Wildman–Crippen LogP) is 2.44. The number of hydrogen-bond acceptors (Lipinski definition) is 5. The Morgan fingerprint density at radius 3 is 2.58 bits per heavy atom. The quantitative estimate of drug-likeness (QED) is 0.700. The highest BCUT2D eigenvalue weighted by atomic mass is 32.2. The van der Waals surface area contributed by atoms with Crippen molar-refractivity contribution < 1.29 is 19.1 Å². The van der Waals surface area contributed by atoms with Gasteiger partial charge in [-0.2, -0.15) is 0 Å². The van der Waals surface area contributed by atoms with Crippen molar-refractivity contribution in [2.45, 2.75) is 29.5 Å². The van der Waals surface area contributed by atoms with Crippen LogP contribution in [0.5, 0.6) is 5.75 Å². The lowest BCUT2D eigenvalue weighted by atomic mass is 10.2. The Morgan fingerprint density at radius 2 is 1.81 bits per heavy atom. The van der Waals surface area contributed by atoms with E-state index in [-0.39, 0.29) is 30.8 Å². The molecule has 31 heavy (non-hydrogen) atoms. The Labute approximate surface area is 185 Å². The Hall–Kier alpha value is -3.00. The predicted molar refractivity (Wildman–Crippen MR) is 119 cm³/mol. The number of likely N-dealkylation sites (tertiary alicyclic amines) is 1. The second kappa shape index (κ2) is 9.43. The van der Waals surface area contributed by atoms with Gasteiger partial charge in [-0.1, -0.05) is 30.3 Å². The SMILES string of the molecule is COc1ccccc1CNC(=O)CN1C(=O)[C@H](C(=O)N2CCCC2)Sc2ccccc21. The Kier molecular flexibility index (Phi) is 6.46. The highest BCUT2D eigenvalue weighted by molar-refractivity contribution is 8.01. The maximum absolute atomic E-state index is 13.3. The highest BCUT2D eigenvalue weighted by Gasteiger charge is 2.41. The molecule has 2 aromatic carbocycles. The molecule has 1 atom stereocenters. The van der Waals surface area contributed by atoms with Crippen molar-refractivity contribution in [3.63, 3.8) is 0 Å². The van der Waals surface area contributed by atoms with E-state index in [1.807, 2.05) is 48.5 Å². The van der Waals surface area contributed by atoms with Gasteiger partial charge in [0.05, 0.1) is 12.8 Å². The summed E-state index contributed by atoms with van der Waals surface area (Å²) in [5.41, 5.74) is 1.51. The molecule has 2 aliphatic heterocycles.